The van der Waals surface area contributed by atoms with Crippen molar-refractivity contribution in [3.05, 3.63) is 29.3 Å². The molecule has 0 fully saturated rings. The van der Waals surface area contributed by atoms with Crippen LogP contribution in [0.2, 0.25) is 0 Å². The summed E-state index contributed by atoms with van der Waals surface area (Å²) in [5, 5.41) is 8.74. The summed E-state index contributed by atoms with van der Waals surface area (Å²) < 4.78 is 28.3. The van der Waals surface area contributed by atoms with E-state index < -0.39 is 9.84 Å². The molecule has 1 aromatic carbocycles. The topological polar surface area (TPSA) is 63.6 Å². The van der Waals surface area contributed by atoms with Gasteiger partial charge in [0.25, 0.3) is 0 Å². The molecule has 0 unspecified atom stereocenters. The molecular formula is C15H20O4S. The van der Waals surface area contributed by atoms with Crippen molar-refractivity contribution in [2.45, 2.75) is 20.3 Å². The van der Waals surface area contributed by atoms with Crippen molar-refractivity contribution in [1.29, 1.82) is 0 Å². The molecular weight excluding hydrogens is 276 g/mol. The molecule has 0 aliphatic carbocycles. The summed E-state index contributed by atoms with van der Waals surface area (Å²) in [5.41, 5.74) is 1.76. The first kappa shape index (κ1) is 16.5. The third-order valence-corrected chi connectivity index (χ3v) is 4.52. The maximum Gasteiger partial charge on any atom is 0.150 e. The fourth-order valence-corrected chi connectivity index (χ4v) is 2.45. The standard InChI is InChI=1S/C15H20O4S/c1-3-20(17,18)11-5-10-19-15-8-7-13(2)12-14(15)6-4-9-16/h7-8,12,16H,3,5,9-11H2,1-2H3. The summed E-state index contributed by atoms with van der Waals surface area (Å²) in [6.45, 7) is 3.71. The maximum absolute atomic E-state index is 11.4. The highest BCUT2D eigenvalue weighted by Crippen LogP contribution is 2.19. The number of benzene rings is 1. The average Bonchev–Trinajstić information content (AvgIpc) is 2.43. The van der Waals surface area contributed by atoms with Crippen LogP contribution in [-0.2, 0) is 9.84 Å². The van der Waals surface area contributed by atoms with Crippen LogP contribution in [0.1, 0.15) is 24.5 Å². The lowest BCUT2D eigenvalue weighted by Gasteiger charge is -2.09. The van der Waals surface area contributed by atoms with Gasteiger partial charge in [0.2, 0.25) is 0 Å². The smallest absolute Gasteiger partial charge is 0.150 e. The number of aliphatic hydroxyl groups is 1. The predicted molar refractivity (Wildman–Crippen MR) is 79.6 cm³/mol. The Morgan fingerprint density at radius 1 is 1.35 bits per heavy atom. The molecule has 0 bridgehead atoms. The lowest BCUT2D eigenvalue weighted by molar-refractivity contribution is 0.317. The van der Waals surface area contributed by atoms with Crippen LogP contribution in [0.25, 0.3) is 0 Å². The first-order valence-corrected chi connectivity index (χ1v) is 8.34. The van der Waals surface area contributed by atoms with Crippen LogP contribution in [0.3, 0.4) is 0 Å². The molecule has 0 radical (unpaired) electrons. The Labute approximate surface area is 120 Å². The van der Waals surface area contributed by atoms with Crippen molar-refractivity contribution in [2.75, 3.05) is 24.7 Å². The van der Waals surface area contributed by atoms with Crippen LogP contribution >= 0.6 is 0 Å². The lowest BCUT2D eigenvalue weighted by atomic mass is 10.1. The summed E-state index contributed by atoms with van der Waals surface area (Å²) in [6.07, 6.45) is 0.455. The van der Waals surface area contributed by atoms with E-state index >= 15 is 0 Å². The molecule has 20 heavy (non-hydrogen) atoms. The Kier molecular flexibility index (Phi) is 6.56. The van der Waals surface area contributed by atoms with Crippen LogP contribution in [0.5, 0.6) is 5.75 Å². The molecule has 0 spiro atoms. The van der Waals surface area contributed by atoms with E-state index in [4.69, 9.17) is 9.84 Å². The summed E-state index contributed by atoms with van der Waals surface area (Å²) in [5.74, 6) is 6.32. The van der Waals surface area contributed by atoms with E-state index in [0.29, 0.717) is 24.3 Å². The highest BCUT2D eigenvalue weighted by atomic mass is 32.2. The summed E-state index contributed by atoms with van der Waals surface area (Å²) in [7, 11) is -2.95. The number of hydrogen-bond acceptors (Lipinski definition) is 4. The van der Waals surface area contributed by atoms with Crippen molar-refractivity contribution < 1.29 is 18.3 Å². The van der Waals surface area contributed by atoms with E-state index in [-0.39, 0.29) is 18.1 Å². The zero-order chi connectivity index (χ0) is 15.0. The zero-order valence-electron chi connectivity index (χ0n) is 11.8. The molecule has 1 aromatic rings. The van der Waals surface area contributed by atoms with Gasteiger partial charge in [-0.2, -0.15) is 0 Å². The van der Waals surface area contributed by atoms with Gasteiger partial charge in [-0.1, -0.05) is 24.8 Å². The predicted octanol–water partition coefficient (Wildman–Crippen LogP) is 1.54. The molecule has 0 heterocycles. The monoisotopic (exact) mass is 296 g/mol. The molecule has 1 rings (SSSR count). The minimum absolute atomic E-state index is 0.132. The Balaban J connectivity index is 2.64. The molecule has 0 atom stereocenters. The second-order valence-electron chi connectivity index (χ2n) is 4.40. The van der Waals surface area contributed by atoms with E-state index in [2.05, 4.69) is 11.8 Å². The molecule has 0 saturated heterocycles. The molecule has 4 nitrogen and oxygen atoms in total. The van der Waals surface area contributed by atoms with Crippen LogP contribution in [0, 0.1) is 18.8 Å². The minimum Gasteiger partial charge on any atom is -0.492 e. The van der Waals surface area contributed by atoms with Crippen molar-refractivity contribution in [1.82, 2.24) is 0 Å². The molecule has 0 aliphatic rings. The van der Waals surface area contributed by atoms with Crippen molar-refractivity contribution in [2.24, 2.45) is 0 Å². The zero-order valence-corrected chi connectivity index (χ0v) is 12.7. The van der Waals surface area contributed by atoms with E-state index in [9.17, 15) is 8.42 Å². The van der Waals surface area contributed by atoms with Crippen LogP contribution in [0.4, 0.5) is 0 Å². The van der Waals surface area contributed by atoms with Gasteiger partial charge in [0, 0.05) is 5.75 Å². The Hall–Kier alpha value is -1.51. The molecule has 0 aromatic heterocycles. The van der Waals surface area contributed by atoms with E-state index in [1.54, 1.807) is 6.92 Å². The normalized spacial score (nSPS) is 10.8. The number of aryl methyl sites for hydroxylation is 1. The second kappa shape index (κ2) is 7.93. The Bertz CT molecular complexity index is 594. The quantitative estimate of drug-likeness (QED) is 0.639. The van der Waals surface area contributed by atoms with Crippen molar-refractivity contribution in [3.8, 4) is 17.6 Å². The lowest BCUT2D eigenvalue weighted by Crippen LogP contribution is -2.12. The average molecular weight is 296 g/mol. The van der Waals surface area contributed by atoms with Gasteiger partial charge in [0.1, 0.15) is 22.2 Å². The largest absolute Gasteiger partial charge is 0.492 e. The van der Waals surface area contributed by atoms with Crippen molar-refractivity contribution in [3.63, 3.8) is 0 Å². The van der Waals surface area contributed by atoms with Gasteiger partial charge in [-0.15, -0.1) is 0 Å². The number of aliphatic hydroxyl groups excluding tert-OH is 1. The number of ether oxygens (including phenoxy) is 1. The molecule has 5 heteroatoms. The fraction of sp³-hybridized carbons (Fsp3) is 0.467. The van der Waals surface area contributed by atoms with Crippen LogP contribution in [-0.4, -0.2) is 38.2 Å². The summed E-state index contributed by atoms with van der Waals surface area (Å²) in [6, 6.07) is 5.59. The SMILES string of the molecule is CCS(=O)(=O)CCCOc1ccc(C)cc1C#CCO. The van der Waals surface area contributed by atoms with Crippen molar-refractivity contribution >= 4 is 9.84 Å². The highest BCUT2D eigenvalue weighted by molar-refractivity contribution is 7.91. The number of sulfone groups is 1. The third kappa shape index (κ3) is 5.64. The molecule has 0 saturated carbocycles. The van der Waals surface area contributed by atoms with Gasteiger partial charge < -0.3 is 9.84 Å². The van der Waals surface area contributed by atoms with Gasteiger partial charge in [-0.3, -0.25) is 0 Å². The van der Waals surface area contributed by atoms with E-state index in [1.807, 2.05) is 25.1 Å². The summed E-state index contributed by atoms with van der Waals surface area (Å²) >= 11 is 0. The van der Waals surface area contributed by atoms with Gasteiger partial charge in [-0.05, 0) is 31.0 Å². The molecule has 1 N–H and O–H groups in total. The van der Waals surface area contributed by atoms with E-state index in [1.165, 1.54) is 0 Å². The molecule has 110 valence electrons. The van der Waals surface area contributed by atoms with Gasteiger partial charge in [0.15, 0.2) is 0 Å². The molecule has 0 amide bonds. The first-order chi connectivity index (χ1) is 9.48. The Morgan fingerprint density at radius 2 is 2.10 bits per heavy atom. The molecule has 0 aliphatic heterocycles. The number of hydrogen-bond donors (Lipinski definition) is 1. The first-order valence-electron chi connectivity index (χ1n) is 6.52. The minimum atomic E-state index is -2.95. The maximum atomic E-state index is 11.4. The van der Waals surface area contributed by atoms with Gasteiger partial charge in [0.05, 0.1) is 17.9 Å². The highest BCUT2D eigenvalue weighted by Gasteiger charge is 2.07. The van der Waals surface area contributed by atoms with Crippen LogP contribution in [0.15, 0.2) is 18.2 Å². The third-order valence-electron chi connectivity index (χ3n) is 2.73. The fourth-order valence-electron chi connectivity index (χ4n) is 1.61. The van der Waals surface area contributed by atoms with Gasteiger partial charge in [-0.25, -0.2) is 8.42 Å². The second-order valence-corrected chi connectivity index (χ2v) is 6.87. The summed E-state index contributed by atoms with van der Waals surface area (Å²) in [4.78, 5) is 0. The van der Waals surface area contributed by atoms with E-state index in [0.717, 1.165) is 5.56 Å². The van der Waals surface area contributed by atoms with Gasteiger partial charge >= 0.3 is 0 Å². The van der Waals surface area contributed by atoms with Crippen LogP contribution < -0.4 is 4.74 Å². The number of rotatable bonds is 6. The Morgan fingerprint density at radius 3 is 2.75 bits per heavy atom.